The number of carbonyl (C=O) groups is 2. The second-order valence-electron chi connectivity index (χ2n) is 4.88. The summed E-state index contributed by atoms with van der Waals surface area (Å²) in [7, 11) is 0. The number of ether oxygens (including phenoxy) is 2. The van der Waals surface area contributed by atoms with Crippen molar-refractivity contribution < 1.29 is 19.1 Å². The minimum absolute atomic E-state index is 0.272. The Kier molecular flexibility index (Phi) is 8.17. The van der Waals surface area contributed by atoms with Crippen molar-refractivity contribution in [2.45, 2.75) is 46.0 Å². The van der Waals surface area contributed by atoms with E-state index >= 15 is 0 Å². The fraction of sp³-hybridized carbons (Fsp3) is 0.529. The third-order valence-corrected chi connectivity index (χ3v) is 3.08. The van der Waals surface area contributed by atoms with Gasteiger partial charge in [-0.3, -0.25) is 0 Å². The Labute approximate surface area is 126 Å². The molecule has 116 valence electrons. The van der Waals surface area contributed by atoms with E-state index in [4.69, 9.17) is 9.47 Å². The van der Waals surface area contributed by atoms with Gasteiger partial charge in [-0.2, -0.15) is 0 Å². The summed E-state index contributed by atoms with van der Waals surface area (Å²) in [6.07, 6.45) is 4.70. The van der Waals surface area contributed by atoms with Crippen molar-refractivity contribution in [3.63, 3.8) is 0 Å². The minimum Gasteiger partial charge on any atom is -0.462 e. The molecule has 0 aliphatic carbocycles. The summed E-state index contributed by atoms with van der Waals surface area (Å²) in [5.41, 5.74) is 0.546. The molecule has 0 heterocycles. The van der Waals surface area contributed by atoms with Crippen LogP contribution in [0.5, 0.6) is 0 Å². The van der Waals surface area contributed by atoms with Gasteiger partial charge in [-0.15, -0.1) is 0 Å². The lowest BCUT2D eigenvalue weighted by Crippen LogP contribution is -2.15. The fourth-order valence-electron chi connectivity index (χ4n) is 1.82. The molecule has 21 heavy (non-hydrogen) atoms. The summed E-state index contributed by atoms with van der Waals surface area (Å²) in [4.78, 5) is 24.0. The van der Waals surface area contributed by atoms with Crippen LogP contribution in [0.2, 0.25) is 0 Å². The Morgan fingerprint density at radius 1 is 0.810 bits per heavy atom. The van der Waals surface area contributed by atoms with Crippen molar-refractivity contribution in [1.29, 1.82) is 0 Å². The van der Waals surface area contributed by atoms with Crippen LogP contribution in [0.25, 0.3) is 0 Å². The number of esters is 2. The van der Waals surface area contributed by atoms with Crippen LogP contribution in [0.4, 0.5) is 0 Å². The SMILES string of the molecule is CCCCCOC(=O)c1ccccc1C(=O)OCCCC. The van der Waals surface area contributed by atoms with E-state index in [2.05, 4.69) is 6.92 Å². The Balaban J connectivity index is 2.65. The van der Waals surface area contributed by atoms with Crippen molar-refractivity contribution in [2.24, 2.45) is 0 Å². The molecule has 1 aromatic rings. The van der Waals surface area contributed by atoms with Gasteiger partial charge in [-0.25, -0.2) is 9.59 Å². The molecule has 0 N–H and O–H groups in total. The molecule has 0 aliphatic rings. The normalized spacial score (nSPS) is 10.2. The summed E-state index contributed by atoms with van der Waals surface area (Å²) in [5.74, 6) is -0.932. The first-order valence-corrected chi connectivity index (χ1v) is 7.64. The van der Waals surface area contributed by atoms with Gasteiger partial charge >= 0.3 is 11.9 Å². The predicted octanol–water partition coefficient (Wildman–Crippen LogP) is 3.99. The highest BCUT2D eigenvalue weighted by Crippen LogP contribution is 2.13. The van der Waals surface area contributed by atoms with Crippen LogP contribution in [0, 0.1) is 0 Å². The molecule has 1 rings (SSSR count). The van der Waals surface area contributed by atoms with Gasteiger partial charge < -0.3 is 9.47 Å². The highest BCUT2D eigenvalue weighted by Gasteiger charge is 2.18. The Bertz CT molecular complexity index is 454. The average molecular weight is 292 g/mol. The molecule has 0 fully saturated rings. The van der Waals surface area contributed by atoms with E-state index in [1.165, 1.54) is 0 Å². The van der Waals surface area contributed by atoms with E-state index in [0.29, 0.717) is 13.2 Å². The summed E-state index contributed by atoms with van der Waals surface area (Å²) < 4.78 is 10.4. The van der Waals surface area contributed by atoms with E-state index in [1.54, 1.807) is 24.3 Å². The zero-order valence-corrected chi connectivity index (χ0v) is 12.9. The number of hydrogen-bond acceptors (Lipinski definition) is 4. The van der Waals surface area contributed by atoms with Gasteiger partial charge in [-0.1, -0.05) is 45.2 Å². The molecule has 0 radical (unpaired) electrons. The van der Waals surface area contributed by atoms with E-state index < -0.39 is 11.9 Å². The molecule has 0 unspecified atom stereocenters. The van der Waals surface area contributed by atoms with Gasteiger partial charge in [-0.05, 0) is 25.0 Å². The number of rotatable bonds is 9. The molecular formula is C17H24O4. The molecule has 0 saturated carbocycles. The van der Waals surface area contributed by atoms with Crippen molar-refractivity contribution in [3.8, 4) is 0 Å². The van der Waals surface area contributed by atoms with E-state index in [-0.39, 0.29) is 11.1 Å². The number of benzene rings is 1. The standard InChI is InChI=1S/C17H24O4/c1-3-5-9-13-21-17(19)15-11-8-7-10-14(15)16(18)20-12-6-4-2/h7-8,10-11H,3-6,9,12-13H2,1-2H3. The highest BCUT2D eigenvalue weighted by molar-refractivity contribution is 6.03. The van der Waals surface area contributed by atoms with Gasteiger partial charge in [0.1, 0.15) is 0 Å². The fourth-order valence-corrected chi connectivity index (χ4v) is 1.82. The number of hydrogen-bond donors (Lipinski definition) is 0. The zero-order valence-electron chi connectivity index (χ0n) is 12.9. The summed E-state index contributed by atoms with van der Waals surface area (Å²) in [6, 6.07) is 6.62. The second-order valence-corrected chi connectivity index (χ2v) is 4.88. The topological polar surface area (TPSA) is 52.6 Å². The van der Waals surface area contributed by atoms with E-state index in [9.17, 15) is 9.59 Å². The van der Waals surface area contributed by atoms with E-state index in [0.717, 1.165) is 32.1 Å². The quantitative estimate of drug-likeness (QED) is 0.510. The molecule has 0 bridgehead atoms. The van der Waals surface area contributed by atoms with Crippen LogP contribution in [0.3, 0.4) is 0 Å². The van der Waals surface area contributed by atoms with Gasteiger partial charge in [0.2, 0.25) is 0 Å². The first-order valence-electron chi connectivity index (χ1n) is 7.64. The van der Waals surface area contributed by atoms with Crippen molar-refractivity contribution >= 4 is 11.9 Å². The zero-order chi connectivity index (χ0) is 15.5. The molecule has 0 aliphatic heterocycles. The van der Waals surface area contributed by atoms with Gasteiger partial charge in [0.25, 0.3) is 0 Å². The second kappa shape index (κ2) is 9.97. The Hall–Kier alpha value is -1.84. The van der Waals surface area contributed by atoms with Gasteiger partial charge in [0.05, 0.1) is 24.3 Å². The molecule has 1 aromatic carbocycles. The molecule has 4 nitrogen and oxygen atoms in total. The van der Waals surface area contributed by atoms with Gasteiger partial charge in [0, 0.05) is 0 Å². The molecule has 0 spiro atoms. The Morgan fingerprint density at radius 2 is 1.29 bits per heavy atom. The largest absolute Gasteiger partial charge is 0.462 e. The van der Waals surface area contributed by atoms with Crippen LogP contribution in [0.1, 0.15) is 66.7 Å². The van der Waals surface area contributed by atoms with Crippen LogP contribution >= 0.6 is 0 Å². The van der Waals surface area contributed by atoms with Crippen LogP contribution in [-0.4, -0.2) is 25.2 Å². The van der Waals surface area contributed by atoms with Crippen LogP contribution < -0.4 is 0 Å². The van der Waals surface area contributed by atoms with Crippen molar-refractivity contribution in [1.82, 2.24) is 0 Å². The maximum absolute atomic E-state index is 12.0. The third kappa shape index (κ3) is 5.98. The first-order chi connectivity index (χ1) is 10.2. The molecule has 4 heteroatoms. The maximum Gasteiger partial charge on any atom is 0.339 e. The van der Waals surface area contributed by atoms with Crippen molar-refractivity contribution in [3.05, 3.63) is 35.4 Å². The summed E-state index contributed by atoms with van der Waals surface area (Å²) >= 11 is 0. The summed E-state index contributed by atoms with van der Waals surface area (Å²) in [6.45, 7) is 4.86. The molecule has 0 atom stereocenters. The highest BCUT2D eigenvalue weighted by atomic mass is 16.5. The predicted molar refractivity (Wildman–Crippen MR) is 81.4 cm³/mol. The van der Waals surface area contributed by atoms with Gasteiger partial charge in [0.15, 0.2) is 0 Å². The number of carbonyl (C=O) groups excluding carboxylic acids is 2. The third-order valence-electron chi connectivity index (χ3n) is 3.08. The lowest BCUT2D eigenvalue weighted by atomic mass is 10.1. The van der Waals surface area contributed by atoms with Crippen molar-refractivity contribution in [2.75, 3.05) is 13.2 Å². The molecular weight excluding hydrogens is 268 g/mol. The monoisotopic (exact) mass is 292 g/mol. The van der Waals surface area contributed by atoms with Crippen LogP contribution in [0.15, 0.2) is 24.3 Å². The lowest BCUT2D eigenvalue weighted by molar-refractivity contribution is 0.0451. The Morgan fingerprint density at radius 3 is 1.76 bits per heavy atom. The van der Waals surface area contributed by atoms with E-state index in [1.807, 2.05) is 6.92 Å². The molecule has 0 saturated heterocycles. The first kappa shape index (κ1) is 17.2. The minimum atomic E-state index is -0.468. The maximum atomic E-state index is 12.0. The number of unbranched alkanes of at least 4 members (excludes halogenated alkanes) is 3. The van der Waals surface area contributed by atoms with Crippen LogP contribution in [-0.2, 0) is 9.47 Å². The molecule has 0 aromatic heterocycles. The summed E-state index contributed by atoms with van der Waals surface area (Å²) in [5, 5.41) is 0. The molecule has 0 amide bonds. The average Bonchev–Trinajstić information content (AvgIpc) is 2.51. The lowest BCUT2D eigenvalue weighted by Gasteiger charge is -2.09. The smallest absolute Gasteiger partial charge is 0.339 e.